The van der Waals surface area contributed by atoms with Gasteiger partial charge in [-0.05, 0) is 61.2 Å². The van der Waals surface area contributed by atoms with Crippen molar-refractivity contribution in [2.75, 3.05) is 0 Å². The van der Waals surface area contributed by atoms with Gasteiger partial charge in [0.2, 0.25) is 5.91 Å². The number of allylic oxidation sites excluding steroid dienone is 2. The summed E-state index contributed by atoms with van der Waals surface area (Å²) in [5.74, 6) is 0.424. The molecule has 29 heavy (non-hydrogen) atoms. The minimum absolute atomic E-state index is 0.0388. The van der Waals surface area contributed by atoms with Gasteiger partial charge in [-0.15, -0.1) is 0 Å². The van der Waals surface area contributed by atoms with Crippen molar-refractivity contribution in [3.05, 3.63) is 11.8 Å². The minimum Gasteiger partial charge on any atom is -0.390 e. The number of amides is 1. The molecule has 0 aromatic heterocycles. The molecule has 3 rings (SSSR count). The lowest BCUT2D eigenvalue weighted by Crippen LogP contribution is -2.58. The predicted octanol–water partition coefficient (Wildman–Crippen LogP) is 4.26. The fourth-order valence-electron chi connectivity index (χ4n) is 6.89. The normalized spacial score (nSPS) is 38.6. The Bertz CT molecular complexity index is 707. The Hall–Kier alpha value is -1.36. The van der Waals surface area contributed by atoms with E-state index in [-0.39, 0.29) is 33.9 Å². The molecule has 3 N–H and O–H groups in total. The highest BCUT2D eigenvalue weighted by Crippen LogP contribution is 2.62. The molecule has 4 atom stereocenters. The third-order valence-electron chi connectivity index (χ3n) is 8.17. The van der Waals surface area contributed by atoms with Crippen LogP contribution < -0.4 is 10.9 Å². The van der Waals surface area contributed by atoms with E-state index in [9.17, 15) is 14.7 Å². The molecule has 0 aliphatic heterocycles. The van der Waals surface area contributed by atoms with E-state index in [1.165, 1.54) is 6.42 Å². The number of rotatable bonds is 4. The van der Waals surface area contributed by atoms with Crippen LogP contribution >= 0.6 is 0 Å². The molecular formula is C24H40N2O3. The Morgan fingerprint density at radius 2 is 1.79 bits per heavy atom. The summed E-state index contributed by atoms with van der Waals surface area (Å²) >= 11 is 0. The number of carbonyl (C=O) groups excluding carboxylic acids is 2. The van der Waals surface area contributed by atoms with E-state index < -0.39 is 5.60 Å². The van der Waals surface area contributed by atoms with Crippen LogP contribution in [0.15, 0.2) is 11.8 Å². The summed E-state index contributed by atoms with van der Waals surface area (Å²) < 4.78 is 0. The first-order valence-electron chi connectivity index (χ1n) is 11.3. The Morgan fingerprint density at radius 1 is 1.10 bits per heavy atom. The second kappa shape index (κ2) is 7.40. The summed E-state index contributed by atoms with van der Waals surface area (Å²) in [6.07, 6.45) is 8.37. The van der Waals surface area contributed by atoms with Crippen molar-refractivity contribution in [3.63, 3.8) is 0 Å². The van der Waals surface area contributed by atoms with E-state index in [4.69, 9.17) is 0 Å². The van der Waals surface area contributed by atoms with Crippen LogP contribution in [0.3, 0.4) is 0 Å². The molecule has 0 radical (unpaired) electrons. The molecule has 0 heterocycles. The Morgan fingerprint density at radius 3 is 2.45 bits per heavy atom. The molecule has 4 unspecified atom stereocenters. The number of fused-ring (bicyclic) bond motifs is 1. The number of carbonyl (C=O) groups is 2. The number of hydrogen-bond donors (Lipinski definition) is 3. The first-order valence-corrected chi connectivity index (χ1v) is 11.3. The van der Waals surface area contributed by atoms with E-state index in [2.05, 4.69) is 45.5 Å². The largest absolute Gasteiger partial charge is 0.390 e. The molecule has 2 fully saturated rings. The molecule has 1 amide bonds. The van der Waals surface area contributed by atoms with Crippen molar-refractivity contribution in [1.29, 1.82) is 0 Å². The monoisotopic (exact) mass is 404 g/mol. The summed E-state index contributed by atoms with van der Waals surface area (Å²) in [4.78, 5) is 24.8. The molecule has 2 saturated carbocycles. The zero-order valence-electron chi connectivity index (χ0n) is 19.2. The average Bonchev–Trinajstić information content (AvgIpc) is 2.53. The average molecular weight is 405 g/mol. The summed E-state index contributed by atoms with van der Waals surface area (Å²) in [5.41, 5.74) is 5.83. The number of aliphatic hydroxyl groups is 1. The molecule has 5 heteroatoms. The van der Waals surface area contributed by atoms with Gasteiger partial charge >= 0.3 is 0 Å². The van der Waals surface area contributed by atoms with Crippen molar-refractivity contribution in [1.82, 2.24) is 10.9 Å². The second-order valence-corrected chi connectivity index (χ2v) is 11.9. The van der Waals surface area contributed by atoms with Gasteiger partial charge in [-0.3, -0.25) is 15.0 Å². The highest BCUT2D eigenvalue weighted by atomic mass is 16.3. The maximum absolute atomic E-state index is 12.9. The van der Waals surface area contributed by atoms with Crippen molar-refractivity contribution in [3.8, 4) is 0 Å². The highest BCUT2D eigenvalue weighted by molar-refractivity contribution is 5.91. The van der Waals surface area contributed by atoms with Gasteiger partial charge in [0.15, 0.2) is 5.78 Å². The topological polar surface area (TPSA) is 78.4 Å². The third kappa shape index (κ3) is 4.55. The molecule has 0 bridgehead atoms. The zero-order valence-corrected chi connectivity index (χ0v) is 19.2. The zero-order chi connectivity index (χ0) is 21.7. The van der Waals surface area contributed by atoms with Crippen LogP contribution in [0.25, 0.3) is 0 Å². The van der Waals surface area contributed by atoms with Crippen LogP contribution in [0, 0.1) is 28.1 Å². The number of hydrogen-bond acceptors (Lipinski definition) is 4. The van der Waals surface area contributed by atoms with E-state index >= 15 is 0 Å². The summed E-state index contributed by atoms with van der Waals surface area (Å²) in [6.45, 7) is 13.0. The lowest BCUT2D eigenvalue weighted by molar-refractivity contribution is -0.173. The Balaban J connectivity index is 1.70. The van der Waals surface area contributed by atoms with Crippen LogP contribution in [0.1, 0.15) is 92.9 Å². The van der Waals surface area contributed by atoms with Gasteiger partial charge < -0.3 is 10.5 Å². The Kier molecular flexibility index (Phi) is 5.70. The van der Waals surface area contributed by atoms with Gasteiger partial charge in [0.1, 0.15) is 0 Å². The first-order chi connectivity index (χ1) is 13.3. The summed E-state index contributed by atoms with van der Waals surface area (Å²) in [6, 6.07) is 0. The van der Waals surface area contributed by atoms with Crippen molar-refractivity contribution in [2.45, 2.75) is 98.5 Å². The van der Waals surface area contributed by atoms with Crippen LogP contribution in [-0.2, 0) is 9.59 Å². The standard InChI is InChI=1S/C24H40N2O3/c1-21(2)14-16(12-17(27)15-21)25-26-20(28)13-19-23(5)10-7-9-22(3,4)18(23)8-11-24(19,6)29/h12,18-19,25,29H,7-11,13-15H2,1-6H3,(H,26,28). The minimum atomic E-state index is -0.835. The van der Waals surface area contributed by atoms with Crippen LogP contribution in [0.4, 0.5) is 0 Å². The number of hydrazine groups is 1. The van der Waals surface area contributed by atoms with Gasteiger partial charge in [-0.1, -0.05) is 41.0 Å². The molecule has 0 saturated heterocycles. The first kappa shape index (κ1) is 22.3. The van der Waals surface area contributed by atoms with Crippen molar-refractivity contribution in [2.24, 2.45) is 28.1 Å². The van der Waals surface area contributed by atoms with Crippen molar-refractivity contribution < 1.29 is 14.7 Å². The van der Waals surface area contributed by atoms with Gasteiger partial charge in [-0.25, -0.2) is 0 Å². The highest BCUT2D eigenvalue weighted by Gasteiger charge is 2.58. The van der Waals surface area contributed by atoms with Crippen LogP contribution in [0.2, 0.25) is 0 Å². The van der Waals surface area contributed by atoms with Crippen LogP contribution in [0.5, 0.6) is 0 Å². The molecule has 3 aliphatic rings. The second-order valence-electron chi connectivity index (χ2n) is 11.9. The fraction of sp³-hybridized carbons (Fsp3) is 0.833. The summed E-state index contributed by atoms with van der Waals surface area (Å²) in [5, 5.41) is 11.2. The summed E-state index contributed by atoms with van der Waals surface area (Å²) in [7, 11) is 0. The lowest BCUT2D eigenvalue weighted by Gasteiger charge is -2.61. The predicted molar refractivity (Wildman–Crippen MR) is 115 cm³/mol. The molecule has 0 aromatic carbocycles. The van der Waals surface area contributed by atoms with Crippen LogP contribution in [-0.4, -0.2) is 22.4 Å². The molecule has 164 valence electrons. The molecular weight excluding hydrogens is 364 g/mol. The van der Waals surface area contributed by atoms with Gasteiger partial charge in [0, 0.05) is 30.5 Å². The van der Waals surface area contributed by atoms with E-state index in [0.29, 0.717) is 18.8 Å². The number of ketones is 1. The van der Waals surface area contributed by atoms with Gasteiger partial charge in [0.05, 0.1) is 5.60 Å². The quantitative estimate of drug-likeness (QED) is 0.612. The Labute approximate surface area is 176 Å². The number of nitrogens with one attached hydrogen (secondary N) is 2. The third-order valence-corrected chi connectivity index (χ3v) is 8.17. The lowest BCUT2D eigenvalue weighted by atomic mass is 9.45. The van der Waals surface area contributed by atoms with Crippen molar-refractivity contribution >= 4 is 11.7 Å². The van der Waals surface area contributed by atoms with Gasteiger partial charge in [0.25, 0.3) is 0 Å². The molecule has 0 spiro atoms. The molecule has 0 aromatic rings. The maximum atomic E-state index is 12.9. The van der Waals surface area contributed by atoms with E-state index in [0.717, 1.165) is 37.8 Å². The molecule has 5 nitrogen and oxygen atoms in total. The molecule has 3 aliphatic carbocycles. The van der Waals surface area contributed by atoms with E-state index in [1.54, 1.807) is 6.08 Å². The fourth-order valence-corrected chi connectivity index (χ4v) is 6.89. The maximum Gasteiger partial charge on any atom is 0.238 e. The van der Waals surface area contributed by atoms with E-state index in [1.807, 2.05) is 6.92 Å². The van der Waals surface area contributed by atoms with Gasteiger partial charge in [-0.2, -0.15) is 0 Å². The smallest absolute Gasteiger partial charge is 0.238 e. The SMILES string of the molecule is CC1(C)CC(=O)C=C(NNC(=O)CC2C(C)(O)CCC3C(C)(C)CCCC32C)C1.